The fraction of sp³-hybridized carbons (Fsp3) is 0. The molecule has 0 aliphatic carbocycles. The number of carbonyl (C=O) groups is 2. The highest BCUT2D eigenvalue weighted by molar-refractivity contribution is 7.20. The molecule has 35 heavy (non-hydrogen) atoms. The van der Waals surface area contributed by atoms with Gasteiger partial charge in [0.15, 0.2) is 0 Å². The average molecular weight is 513 g/mol. The molecule has 0 fully saturated rings. The maximum absolute atomic E-state index is 11.6. The molecule has 0 spiro atoms. The number of rotatable bonds is 6. The summed E-state index contributed by atoms with van der Waals surface area (Å²) >= 11 is 13.0. The molecule has 0 atom stereocenters. The van der Waals surface area contributed by atoms with E-state index in [1.54, 1.807) is 35.6 Å². The molecule has 0 aliphatic rings. The van der Waals surface area contributed by atoms with Gasteiger partial charge < -0.3 is 0 Å². The minimum atomic E-state index is -0.481. The normalized spacial score (nSPS) is 10.8. The molecule has 1 aromatic heterocycles. The maximum Gasteiger partial charge on any atom is 0.252 e. The smallest absolute Gasteiger partial charge is 0.252 e. The highest BCUT2D eigenvalue weighted by Gasteiger charge is 2.23. The standard InChI is InChI=1S/C30H18Cl2O2S/c31-29(33)23-15-11-21(12-16-23)27-25(19-7-3-1-4-8-19)26(20-9-5-2-6-10-20)28(35-27)22-13-17-24(18-14-22)30(32)34/h1-18H. The van der Waals surface area contributed by atoms with Crippen LogP contribution in [0.1, 0.15) is 20.7 Å². The van der Waals surface area contributed by atoms with Crippen molar-refractivity contribution in [3.8, 4) is 43.1 Å². The summed E-state index contributed by atoms with van der Waals surface area (Å²) < 4.78 is 0. The molecule has 1 heterocycles. The van der Waals surface area contributed by atoms with Crippen LogP contribution >= 0.6 is 34.5 Å². The summed E-state index contributed by atoms with van der Waals surface area (Å²) in [6.07, 6.45) is 0. The van der Waals surface area contributed by atoms with Gasteiger partial charge in [0.2, 0.25) is 0 Å². The maximum atomic E-state index is 11.6. The summed E-state index contributed by atoms with van der Waals surface area (Å²) in [5.74, 6) is 0. The molecular weight excluding hydrogens is 495 g/mol. The van der Waals surface area contributed by atoms with E-state index in [0.717, 1.165) is 43.1 Å². The van der Waals surface area contributed by atoms with Crippen molar-refractivity contribution in [2.45, 2.75) is 0 Å². The van der Waals surface area contributed by atoms with Gasteiger partial charge >= 0.3 is 0 Å². The van der Waals surface area contributed by atoms with Crippen LogP contribution in [0.4, 0.5) is 0 Å². The third-order valence-electron chi connectivity index (χ3n) is 5.78. The predicted octanol–water partition coefficient (Wildman–Crippen LogP) is 9.17. The van der Waals surface area contributed by atoms with Gasteiger partial charge in [-0.15, -0.1) is 11.3 Å². The van der Waals surface area contributed by atoms with Gasteiger partial charge in [0.25, 0.3) is 10.5 Å². The number of thiophene rings is 1. The molecule has 0 bridgehead atoms. The van der Waals surface area contributed by atoms with Crippen molar-refractivity contribution in [3.05, 3.63) is 120 Å². The quantitative estimate of drug-likeness (QED) is 0.212. The predicted molar refractivity (Wildman–Crippen MR) is 146 cm³/mol. The van der Waals surface area contributed by atoms with E-state index in [-0.39, 0.29) is 0 Å². The number of hydrogen-bond donors (Lipinski definition) is 0. The van der Waals surface area contributed by atoms with Crippen LogP contribution in [0.15, 0.2) is 109 Å². The Morgan fingerprint density at radius 1 is 0.457 bits per heavy atom. The van der Waals surface area contributed by atoms with E-state index >= 15 is 0 Å². The molecule has 2 nitrogen and oxygen atoms in total. The average Bonchev–Trinajstić information content (AvgIpc) is 3.30. The highest BCUT2D eigenvalue weighted by Crippen LogP contribution is 2.51. The zero-order chi connectivity index (χ0) is 24.4. The van der Waals surface area contributed by atoms with Crippen molar-refractivity contribution in [2.24, 2.45) is 0 Å². The van der Waals surface area contributed by atoms with Gasteiger partial charge in [-0.25, -0.2) is 0 Å². The van der Waals surface area contributed by atoms with Gasteiger partial charge in [0.05, 0.1) is 0 Å². The fourth-order valence-corrected chi connectivity index (χ4v) is 5.71. The molecule has 170 valence electrons. The lowest BCUT2D eigenvalue weighted by Gasteiger charge is -2.11. The van der Waals surface area contributed by atoms with E-state index in [9.17, 15) is 9.59 Å². The van der Waals surface area contributed by atoms with Gasteiger partial charge in [-0.05, 0) is 69.7 Å². The Balaban J connectivity index is 1.81. The van der Waals surface area contributed by atoms with Crippen LogP contribution in [0, 0.1) is 0 Å². The summed E-state index contributed by atoms with van der Waals surface area (Å²) in [6.45, 7) is 0. The molecule has 0 radical (unpaired) electrons. The van der Waals surface area contributed by atoms with Crippen LogP contribution < -0.4 is 0 Å². The van der Waals surface area contributed by atoms with Crippen molar-refractivity contribution in [1.29, 1.82) is 0 Å². The number of hydrogen-bond acceptors (Lipinski definition) is 3. The van der Waals surface area contributed by atoms with Gasteiger partial charge in [-0.1, -0.05) is 84.9 Å². The van der Waals surface area contributed by atoms with Gasteiger partial charge in [0, 0.05) is 32.0 Å². The Labute approximate surface area is 217 Å². The van der Waals surface area contributed by atoms with E-state index in [0.29, 0.717) is 11.1 Å². The molecule has 0 N–H and O–H groups in total. The minimum absolute atomic E-state index is 0.457. The topological polar surface area (TPSA) is 34.1 Å². The zero-order valence-electron chi connectivity index (χ0n) is 18.4. The number of carbonyl (C=O) groups excluding carboxylic acids is 2. The van der Waals surface area contributed by atoms with Gasteiger partial charge in [-0.2, -0.15) is 0 Å². The van der Waals surface area contributed by atoms with Crippen molar-refractivity contribution in [1.82, 2.24) is 0 Å². The van der Waals surface area contributed by atoms with E-state index in [2.05, 4.69) is 24.3 Å². The number of halogens is 2. The summed E-state index contributed by atoms with van der Waals surface area (Å²) in [5, 5.41) is -0.962. The van der Waals surface area contributed by atoms with Crippen molar-refractivity contribution in [2.75, 3.05) is 0 Å². The highest BCUT2D eigenvalue weighted by atomic mass is 35.5. The van der Waals surface area contributed by atoms with Gasteiger partial charge in [-0.3, -0.25) is 9.59 Å². The summed E-state index contributed by atoms with van der Waals surface area (Å²) in [6, 6.07) is 35.3. The Kier molecular flexibility index (Phi) is 6.65. The molecule has 4 aromatic carbocycles. The summed E-state index contributed by atoms with van der Waals surface area (Å²) in [4.78, 5) is 25.4. The molecule has 5 rings (SSSR count). The first-order valence-corrected chi connectivity index (χ1v) is 12.5. The Hall–Kier alpha value is -3.50. The largest absolute Gasteiger partial charge is 0.276 e. The molecule has 5 aromatic rings. The summed E-state index contributed by atoms with van der Waals surface area (Å²) in [7, 11) is 0. The molecule has 0 amide bonds. The van der Waals surface area contributed by atoms with Crippen LogP contribution in [0.25, 0.3) is 43.1 Å². The Morgan fingerprint density at radius 3 is 1.11 bits per heavy atom. The molecule has 5 heteroatoms. The third kappa shape index (κ3) is 4.71. The minimum Gasteiger partial charge on any atom is -0.276 e. The van der Waals surface area contributed by atoms with Crippen molar-refractivity contribution in [3.63, 3.8) is 0 Å². The van der Waals surface area contributed by atoms with Crippen LogP contribution in [0.5, 0.6) is 0 Å². The lowest BCUT2D eigenvalue weighted by atomic mass is 9.91. The van der Waals surface area contributed by atoms with E-state index in [1.165, 1.54) is 0 Å². The second-order valence-electron chi connectivity index (χ2n) is 7.94. The van der Waals surface area contributed by atoms with E-state index < -0.39 is 10.5 Å². The SMILES string of the molecule is O=C(Cl)c1ccc(-c2sc(-c3ccc(C(=O)Cl)cc3)c(-c3ccccc3)c2-c2ccccc2)cc1. The first-order chi connectivity index (χ1) is 17.0. The van der Waals surface area contributed by atoms with Crippen LogP contribution in [-0.2, 0) is 0 Å². The molecule has 0 saturated carbocycles. The fourth-order valence-electron chi connectivity index (χ4n) is 4.10. The van der Waals surface area contributed by atoms with Crippen LogP contribution in [0.2, 0.25) is 0 Å². The van der Waals surface area contributed by atoms with Crippen molar-refractivity contribution >= 4 is 45.0 Å². The molecular formula is C30H18Cl2O2S. The first kappa shape index (κ1) is 23.3. The second-order valence-corrected chi connectivity index (χ2v) is 9.65. The third-order valence-corrected chi connectivity index (χ3v) is 7.51. The van der Waals surface area contributed by atoms with E-state index in [1.807, 2.05) is 60.7 Å². The Bertz CT molecular complexity index is 1390. The van der Waals surface area contributed by atoms with Gasteiger partial charge in [0.1, 0.15) is 0 Å². The van der Waals surface area contributed by atoms with E-state index in [4.69, 9.17) is 23.2 Å². The molecule has 0 saturated heterocycles. The first-order valence-electron chi connectivity index (χ1n) is 10.9. The monoisotopic (exact) mass is 512 g/mol. The molecule has 0 unspecified atom stereocenters. The lowest BCUT2D eigenvalue weighted by molar-refractivity contribution is 0.107. The van der Waals surface area contributed by atoms with Crippen LogP contribution in [-0.4, -0.2) is 10.5 Å². The van der Waals surface area contributed by atoms with Crippen molar-refractivity contribution < 1.29 is 9.59 Å². The molecule has 0 aliphatic heterocycles. The Morgan fingerprint density at radius 2 is 0.800 bits per heavy atom. The lowest BCUT2D eigenvalue weighted by Crippen LogP contribution is -1.89. The zero-order valence-corrected chi connectivity index (χ0v) is 20.7. The summed E-state index contributed by atoms with van der Waals surface area (Å²) in [5.41, 5.74) is 7.30. The number of benzene rings is 4. The second kappa shape index (κ2) is 10.0. The van der Waals surface area contributed by atoms with Crippen LogP contribution in [0.3, 0.4) is 0 Å².